The van der Waals surface area contributed by atoms with Gasteiger partial charge in [-0.15, -0.1) is 0 Å². The SMILES string of the molecule is CC(C#N)CCC(C)CI. The Hall–Kier alpha value is 0.220. The van der Waals surface area contributed by atoms with Crippen LogP contribution in [-0.2, 0) is 0 Å². The van der Waals surface area contributed by atoms with Gasteiger partial charge in [0.25, 0.3) is 0 Å². The van der Waals surface area contributed by atoms with Crippen molar-refractivity contribution in [3.05, 3.63) is 0 Å². The van der Waals surface area contributed by atoms with Crippen molar-refractivity contribution in [2.24, 2.45) is 11.8 Å². The van der Waals surface area contributed by atoms with Gasteiger partial charge in [-0.2, -0.15) is 5.26 Å². The van der Waals surface area contributed by atoms with Crippen molar-refractivity contribution < 1.29 is 0 Å². The molecule has 0 heterocycles. The van der Waals surface area contributed by atoms with Gasteiger partial charge in [-0.1, -0.05) is 29.5 Å². The summed E-state index contributed by atoms with van der Waals surface area (Å²) in [5, 5.41) is 8.47. The van der Waals surface area contributed by atoms with E-state index in [1.165, 1.54) is 10.8 Å². The summed E-state index contributed by atoms with van der Waals surface area (Å²) >= 11 is 2.39. The van der Waals surface area contributed by atoms with Gasteiger partial charge < -0.3 is 0 Å². The third kappa shape index (κ3) is 5.04. The minimum atomic E-state index is 0.241. The Morgan fingerprint density at radius 2 is 2.00 bits per heavy atom. The summed E-state index contributed by atoms with van der Waals surface area (Å²) in [6, 6.07) is 2.24. The lowest BCUT2D eigenvalue weighted by molar-refractivity contribution is 0.517. The Labute approximate surface area is 76.9 Å². The molecule has 58 valence electrons. The summed E-state index contributed by atoms with van der Waals surface area (Å²) in [5.41, 5.74) is 0. The topological polar surface area (TPSA) is 23.8 Å². The van der Waals surface area contributed by atoms with Gasteiger partial charge in [0.15, 0.2) is 0 Å². The van der Waals surface area contributed by atoms with Gasteiger partial charge in [-0.25, -0.2) is 0 Å². The van der Waals surface area contributed by atoms with Crippen LogP contribution in [0, 0.1) is 23.2 Å². The molecule has 0 rings (SSSR count). The summed E-state index contributed by atoms with van der Waals surface area (Å²) in [4.78, 5) is 0. The zero-order chi connectivity index (χ0) is 7.98. The van der Waals surface area contributed by atoms with E-state index in [4.69, 9.17) is 5.26 Å². The van der Waals surface area contributed by atoms with Crippen LogP contribution in [0.2, 0.25) is 0 Å². The summed E-state index contributed by atoms with van der Waals surface area (Å²) in [6.07, 6.45) is 2.25. The van der Waals surface area contributed by atoms with Crippen LogP contribution in [0.1, 0.15) is 26.7 Å². The highest BCUT2D eigenvalue weighted by atomic mass is 127. The van der Waals surface area contributed by atoms with Crippen molar-refractivity contribution >= 4 is 22.6 Å². The molecule has 0 amide bonds. The van der Waals surface area contributed by atoms with Crippen LogP contribution < -0.4 is 0 Å². The van der Waals surface area contributed by atoms with Crippen molar-refractivity contribution in [2.45, 2.75) is 26.7 Å². The van der Waals surface area contributed by atoms with Crippen molar-refractivity contribution in [3.8, 4) is 6.07 Å². The molecule has 0 bridgehead atoms. The molecule has 0 fully saturated rings. The molecule has 0 aromatic heterocycles. The Bertz CT molecular complexity index is 117. The highest BCUT2D eigenvalue weighted by Gasteiger charge is 2.03. The van der Waals surface area contributed by atoms with Gasteiger partial charge in [0.2, 0.25) is 0 Å². The fraction of sp³-hybridized carbons (Fsp3) is 0.875. The fourth-order valence-electron chi connectivity index (χ4n) is 0.676. The van der Waals surface area contributed by atoms with Gasteiger partial charge >= 0.3 is 0 Å². The molecule has 0 N–H and O–H groups in total. The molecule has 1 nitrogen and oxygen atoms in total. The third-order valence-corrected chi connectivity index (χ3v) is 3.08. The Balaban J connectivity index is 3.28. The first-order valence-electron chi connectivity index (χ1n) is 3.66. The average Bonchev–Trinajstić information content (AvgIpc) is 1.99. The number of nitriles is 1. The second-order valence-electron chi connectivity index (χ2n) is 2.87. The standard InChI is InChI=1S/C8H14IN/c1-7(5-9)3-4-8(2)6-10/h7-8H,3-5H2,1-2H3. The second-order valence-corrected chi connectivity index (χ2v) is 3.75. The number of hydrogen-bond acceptors (Lipinski definition) is 1. The lowest BCUT2D eigenvalue weighted by Crippen LogP contribution is -1.99. The molecule has 0 saturated heterocycles. The van der Waals surface area contributed by atoms with Crippen molar-refractivity contribution in [3.63, 3.8) is 0 Å². The second kappa shape index (κ2) is 5.96. The van der Waals surface area contributed by atoms with Crippen molar-refractivity contribution in [1.29, 1.82) is 5.26 Å². The van der Waals surface area contributed by atoms with E-state index in [2.05, 4.69) is 35.6 Å². The van der Waals surface area contributed by atoms with Gasteiger partial charge in [0, 0.05) is 10.3 Å². The minimum Gasteiger partial charge on any atom is -0.198 e. The number of rotatable bonds is 4. The zero-order valence-electron chi connectivity index (χ0n) is 6.60. The van der Waals surface area contributed by atoms with Gasteiger partial charge in [0.1, 0.15) is 0 Å². The lowest BCUT2D eigenvalue weighted by atomic mass is 10.0. The molecule has 0 saturated carbocycles. The zero-order valence-corrected chi connectivity index (χ0v) is 8.76. The summed E-state index contributed by atoms with van der Waals surface area (Å²) < 4.78 is 1.20. The van der Waals surface area contributed by atoms with Gasteiger partial charge in [-0.05, 0) is 25.7 Å². The molecule has 10 heavy (non-hydrogen) atoms. The molecular formula is C8H14IN. The predicted molar refractivity (Wildman–Crippen MR) is 52.1 cm³/mol. The predicted octanol–water partition coefficient (Wildman–Crippen LogP) is 3.00. The first-order chi connectivity index (χ1) is 4.70. The van der Waals surface area contributed by atoms with Gasteiger partial charge in [-0.3, -0.25) is 0 Å². The maximum absolute atomic E-state index is 8.47. The number of hydrogen-bond donors (Lipinski definition) is 0. The Morgan fingerprint density at radius 3 is 2.40 bits per heavy atom. The first kappa shape index (κ1) is 10.2. The third-order valence-electron chi connectivity index (χ3n) is 1.58. The van der Waals surface area contributed by atoms with Gasteiger partial charge in [0.05, 0.1) is 6.07 Å². The van der Waals surface area contributed by atoms with Crippen molar-refractivity contribution in [2.75, 3.05) is 4.43 Å². The van der Waals surface area contributed by atoms with Crippen LogP contribution in [0.5, 0.6) is 0 Å². The molecule has 0 aliphatic carbocycles. The van der Waals surface area contributed by atoms with Crippen LogP contribution in [0.25, 0.3) is 0 Å². The maximum Gasteiger partial charge on any atom is 0.0652 e. The largest absolute Gasteiger partial charge is 0.198 e. The van der Waals surface area contributed by atoms with Crippen LogP contribution in [0.15, 0.2) is 0 Å². The highest BCUT2D eigenvalue weighted by molar-refractivity contribution is 14.1. The quantitative estimate of drug-likeness (QED) is 0.556. The van der Waals surface area contributed by atoms with E-state index in [0.717, 1.165) is 12.3 Å². The van der Waals surface area contributed by atoms with Crippen LogP contribution in [0.4, 0.5) is 0 Å². The van der Waals surface area contributed by atoms with E-state index in [1.807, 2.05) is 6.92 Å². The average molecular weight is 251 g/mol. The molecule has 0 spiro atoms. The van der Waals surface area contributed by atoms with E-state index in [0.29, 0.717) is 0 Å². The minimum absolute atomic E-state index is 0.241. The van der Waals surface area contributed by atoms with E-state index >= 15 is 0 Å². The molecule has 0 aromatic carbocycles. The number of halogens is 1. The number of alkyl halides is 1. The van der Waals surface area contributed by atoms with E-state index in [-0.39, 0.29) is 5.92 Å². The molecule has 0 aliphatic rings. The normalized spacial score (nSPS) is 15.8. The molecule has 2 atom stereocenters. The lowest BCUT2D eigenvalue weighted by Gasteiger charge is -2.06. The van der Waals surface area contributed by atoms with Crippen LogP contribution in [0.3, 0.4) is 0 Å². The Kier molecular flexibility index (Phi) is 6.10. The fourth-order valence-corrected chi connectivity index (χ4v) is 1.12. The van der Waals surface area contributed by atoms with E-state index in [1.54, 1.807) is 0 Å². The summed E-state index contributed by atoms with van der Waals surface area (Å²) in [5.74, 6) is 1.02. The van der Waals surface area contributed by atoms with Crippen molar-refractivity contribution in [1.82, 2.24) is 0 Å². The monoisotopic (exact) mass is 251 g/mol. The molecular weight excluding hydrogens is 237 g/mol. The number of nitrogens with zero attached hydrogens (tertiary/aromatic N) is 1. The molecule has 0 aromatic rings. The molecule has 2 heteroatoms. The molecule has 0 radical (unpaired) electrons. The van der Waals surface area contributed by atoms with Crippen LogP contribution >= 0.6 is 22.6 Å². The van der Waals surface area contributed by atoms with Crippen LogP contribution in [-0.4, -0.2) is 4.43 Å². The first-order valence-corrected chi connectivity index (χ1v) is 5.18. The molecule has 0 aliphatic heterocycles. The van der Waals surface area contributed by atoms with E-state index < -0.39 is 0 Å². The summed E-state index contributed by atoms with van der Waals surface area (Å²) in [7, 11) is 0. The van der Waals surface area contributed by atoms with E-state index in [9.17, 15) is 0 Å². The summed E-state index contributed by atoms with van der Waals surface area (Å²) in [6.45, 7) is 4.22. The molecule has 2 unspecified atom stereocenters. The smallest absolute Gasteiger partial charge is 0.0652 e. The maximum atomic E-state index is 8.47. The highest BCUT2D eigenvalue weighted by Crippen LogP contribution is 2.13. The Morgan fingerprint density at radius 1 is 1.40 bits per heavy atom.